The third kappa shape index (κ3) is 4.93. The van der Waals surface area contributed by atoms with E-state index >= 15 is 0 Å². The maximum absolute atomic E-state index is 2.37. The normalized spacial score (nSPS) is 11.9. The highest BCUT2D eigenvalue weighted by Gasteiger charge is 2.20. The van der Waals surface area contributed by atoms with Crippen molar-refractivity contribution in [3.05, 3.63) is 206 Å². The Morgan fingerprint density at radius 3 is 1.44 bits per heavy atom. The highest BCUT2D eigenvalue weighted by molar-refractivity contribution is 7.27. The quantitative estimate of drug-likeness (QED) is 0.125. The van der Waals surface area contributed by atoms with E-state index in [-0.39, 0.29) is 0 Å². The second-order valence-corrected chi connectivity index (χ2v) is 16.1. The van der Waals surface area contributed by atoms with Crippen LogP contribution in [0, 0.1) is 0 Å². The summed E-state index contributed by atoms with van der Waals surface area (Å²) in [6.45, 7) is 0. The Balaban J connectivity index is 1.04. The smallest absolute Gasteiger partial charge is 0.0434 e. The lowest BCUT2D eigenvalue weighted by molar-refractivity contribution is 1.60. The Morgan fingerprint density at radius 1 is 0.228 bits per heavy atom. The van der Waals surface area contributed by atoms with Gasteiger partial charge in [0.25, 0.3) is 0 Å². The van der Waals surface area contributed by atoms with Crippen molar-refractivity contribution in [2.24, 2.45) is 0 Å². The predicted octanol–water partition coefficient (Wildman–Crippen LogP) is 16.5. The maximum atomic E-state index is 2.37. The van der Waals surface area contributed by atoms with Crippen LogP contribution in [0.5, 0.6) is 0 Å². The molecule has 0 aliphatic rings. The largest absolute Gasteiger partial charge is 0.134 e. The van der Waals surface area contributed by atoms with Gasteiger partial charge in [0, 0.05) is 25.7 Å². The standard InChI is InChI=1S/C56H34S/c1-4-18-41-35(14-1)32-33-50-49-26-13-27-51(56(49)57-55(41)50)54-47-24-11-9-22-45(47)53(46-23-10-12-25-48(46)54)37-30-28-36(29-31-37)39-16-5-6-20-43(39)52-34-38-15-2-3-17-40(38)42-19-7-8-21-44(42)52/h1-34H. The summed E-state index contributed by atoms with van der Waals surface area (Å²) in [5.41, 5.74) is 10.1. The second kappa shape index (κ2) is 12.7. The van der Waals surface area contributed by atoms with Crippen LogP contribution >= 0.6 is 11.3 Å². The number of hydrogen-bond donors (Lipinski definition) is 0. The van der Waals surface area contributed by atoms with Crippen molar-refractivity contribution in [1.82, 2.24) is 0 Å². The molecule has 0 saturated carbocycles. The Labute approximate surface area is 334 Å². The Kier molecular flexibility index (Phi) is 7.20. The first-order chi connectivity index (χ1) is 28.3. The van der Waals surface area contributed by atoms with Gasteiger partial charge in [-0.3, -0.25) is 0 Å². The summed E-state index contributed by atoms with van der Waals surface area (Å²) in [4.78, 5) is 0. The molecule has 0 fully saturated rings. The van der Waals surface area contributed by atoms with Crippen molar-refractivity contribution < 1.29 is 0 Å². The summed E-state index contributed by atoms with van der Waals surface area (Å²) in [6, 6.07) is 76.4. The van der Waals surface area contributed by atoms with Crippen molar-refractivity contribution >= 4 is 85.4 Å². The zero-order valence-corrected chi connectivity index (χ0v) is 31.9. The minimum absolute atomic E-state index is 1.21. The molecule has 12 rings (SSSR count). The molecular weight excluding hydrogens is 705 g/mol. The van der Waals surface area contributed by atoms with Crippen LogP contribution in [0.4, 0.5) is 0 Å². The third-order valence-corrected chi connectivity index (χ3v) is 13.3. The molecular formula is C56H34S. The average Bonchev–Trinajstić information content (AvgIpc) is 3.68. The van der Waals surface area contributed by atoms with E-state index in [1.54, 1.807) is 0 Å². The van der Waals surface area contributed by atoms with E-state index in [1.807, 2.05) is 11.3 Å². The summed E-state index contributed by atoms with van der Waals surface area (Å²) in [5.74, 6) is 0. The van der Waals surface area contributed by atoms with Gasteiger partial charge in [-0.2, -0.15) is 0 Å². The molecule has 0 bridgehead atoms. The van der Waals surface area contributed by atoms with Crippen LogP contribution < -0.4 is 0 Å². The summed E-state index contributed by atoms with van der Waals surface area (Å²) < 4.78 is 2.70. The molecule has 11 aromatic carbocycles. The topological polar surface area (TPSA) is 0 Å². The number of benzene rings is 11. The van der Waals surface area contributed by atoms with Crippen molar-refractivity contribution in [2.75, 3.05) is 0 Å². The van der Waals surface area contributed by atoms with Crippen LogP contribution in [0.25, 0.3) is 119 Å². The number of thiophene rings is 1. The van der Waals surface area contributed by atoms with E-state index in [1.165, 1.54) is 119 Å². The first-order valence-electron chi connectivity index (χ1n) is 19.7. The van der Waals surface area contributed by atoms with Gasteiger partial charge in [-0.15, -0.1) is 11.3 Å². The van der Waals surface area contributed by atoms with Gasteiger partial charge >= 0.3 is 0 Å². The molecule has 0 radical (unpaired) electrons. The third-order valence-electron chi connectivity index (χ3n) is 12.1. The number of fused-ring (bicyclic) bond motifs is 10. The zero-order valence-electron chi connectivity index (χ0n) is 31.0. The van der Waals surface area contributed by atoms with E-state index in [0.29, 0.717) is 0 Å². The van der Waals surface area contributed by atoms with E-state index in [4.69, 9.17) is 0 Å². The van der Waals surface area contributed by atoms with Gasteiger partial charge in [0.1, 0.15) is 0 Å². The molecule has 264 valence electrons. The van der Waals surface area contributed by atoms with Gasteiger partial charge in [0.15, 0.2) is 0 Å². The fourth-order valence-corrected chi connectivity index (χ4v) is 10.9. The van der Waals surface area contributed by atoms with Gasteiger partial charge in [0.05, 0.1) is 0 Å². The van der Waals surface area contributed by atoms with Gasteiger partial charge in [-0.25, -0.2) is 0 Å². The first kappa shape index (κ1) is 32.2. The van der Waals surface area contributed by atoms with Crippen LogP contribution in [0.2, 0.25) is 0 Å². The molecule has 0 atom stereocenters. The summed E-state index contributed by atoms with van der Waals surface area (Å²) in [5, 5.41) is 15.5. The van der Waals surface area contributed by atoms with Gasteiger partial charge < -0.3 is 0 Å². The van der Waals surface area contributed by atoms with Crippen molar-refractivity contribution in [2.45, 2.75) is 0 Å². The van der Waals surface area contributed by atoms with E-state index in [2.05, 4.69) is 206 Å². The van der Waals surface area contributed by atoms with Crippen molar-refractivity contribution in [3.63, 3.8) is 0 Å². The Morgan fingerprint density at radius 2 is 0.719 bits per heavy atom. The van der Waals surface area contributed by atoms with Crippen LogP contribution in [0.1, 0.15) is 0 Å². The Bertz CT molecular complexity index is 3510. The fourth-order valence-electron chi connectivity index (χ4n) is 9.52. The lowest BCUT2D eigenvalue weighted by Gasteiger charge is -2.19. The minimum Gasteiger partial charge on any atom is -0.134 e. The SMILES string of the molecule is c1ccc(-c2cc3ccccc3c3ccccc23)c(-c2ccc(-c3c4ccccc4c(-c4cccc5c4sc4c6ccccc6ccc54)c4ccccc34)cc2)c1. The molecule has 0 spiro atoms. The lowest BCUT2D eigenvalue weighted by atomic mass is 9.85. The lowest BCUT2D eigenvalue weighted by Crippen LogP contribution is -1.91. The molecule has 0 nitrogen and oxygen atoms in total. The number of rotatable bonds is 4. The summed E-state index contributed by atoms with van der Waals surface area (Å²) >= 11 is 1.93. The molecule has 0 amide bonds. The van der Waals surface area contributed by atoms with Crippen LogP contribution in [-0.4, -0.2) is 0 Å². The van der Waals surface area contributed by atoms with Crippen molar-refractivity contribution in [3.8, 4) is 44.5 Å². The molecule has 0 aliphatic heterocycles. The van der Waals surface area contributed by atoms with E-state index in [9.17, 15) is 0 Å². The summed E-state index contributed by atoms with van der Waals surface area (Å²) in [7, 11) is 0. The minimum atomic E-state index is 1.21. The maximum Gasteiger partial charge on any atom is 0.0434 e. The average molecular weight is 739 g/mol. The molecule has 57 heavy (non-hydrogen) atoms. The van der Waals surface area contributed by atoms with Gasteiger partial charge in [0.2, 0.25) is 0 Å². The van der Waals surface area contributed by atoms with E-state index < -0.39 is 0 Å². The number of hydrogen-bond acceptors (Lipinski definition) is 1. The monoisotopic (exact) mass is 738 g/mol. The molecule has 1 aromatic heterocycles. The van der Waals surface area contributed by atoms with Crippen LogP contribution in [-0.2, 0) is 0 Å². The molecule has 0 saturated heterocycles. The molecule has 0 aliphatic carbocycles. The zero-order chi connectivity index (χ0) is 37.5. The van der Waals surface area contributed by atoms with Crippen molar-refractivity contribution in [1.29, 1.82) is 0 Å². The molecule has 1 heteroatoms. The highest BCUT2D eigenvalue weighted by Crippen LogP contribution is 2.49. The van der Waals surface area contributed by atoms with Gasteiger partial charge in [-0.1, -0.05) is 200 Å². The fraction of sp³-hybridized carbons (Fsp3) is 0. The second-order valence-electron chi connectivity index (χ2n) is 15.1. The molecule has 0 N–H and O–H groups in total. The Hall–Kier alpha value is -7.06. The van der Waals surface area contributed by atoms with Crippen LogP contribution in [0.3, 0.4) is 0 Å². The van der Waals surface area contributed by atoms with Gasteiger partial charge in [-0.05, 0) is 98.9 Å². The molecule has 1 heterocycles. The first-order valence-corrected chi connectivity index (χ1v) is 20.5. The molecule has 0 unspecified atom stereocenters. The highest BCUT2D eigenvalue weighted by atomic mass is 32.1. The predicted molar refractivity (Wildman–Crippen MR) is 249 cm³/mol. The summed E-state index contributed by atoms with van der Waals surface area (Å²) in [6.07, 6.45) is 0. The van der Waals surface area contributed by atoms with Crippen LogP contribution in [0.15, 0.2) is 206 Å². The van der Waals surface area contributed by atoms with E-state index in [0.717, 1.165) is 0 Å². The molecule has 12 aromatic rings.